The third kappa shape index (κ3) is 3.23. The molecule has 1 aliphatic heterocycles. The van der Waals surface area contributed by atoms with Gasteiger partial charge in [-0.3, -0.25) is 0 Å². The lowest BCUT2D eigenvalue weighted by molar-refractivity contribution is -0.131. The molecule has 4 aliphatic carbocycles. The summed E-state index contributed by atoms with van der Waals surface area (Å²) in [5, 5.41) is 21.7. The van der Waals surface area contributed by atoms with Crippen LogP contribution in [0.3, 0.4) is 0 Å². The van der Waals surface area contributed by atoms with E-state index in [0.29, 0.717) is 34.5 Å². The van der Waals surface area contributed by atoms with Crippen molar-refractivity contribution in [2.24, 2.45) is 45.3 Å². The zero-order valence-corrected chi connectivity index (χ0v) is 22.6. The second-order valence-corrected chi connectivity index (χ2v) is 14.7. The van der Waals surface area contributed by atoms with Crippen molar-refractivity contribution in [2.75, 3.05) is 0 Å². The highest BCUT2D eigenvalue weighted by molar-refractivity contribution is 5.33. The van der Waals surface area contributed by atoms with Crippen LogP contribution in [0, 0.1) is 45.3 Å². The van der Waals surface area contributed by atoms with Crippen LogP contribution in [0.25, 0.3) is 0 Å². The smallest absolute Gasteiger partial charge is 0.113 e. The van der Waals surface area contributed by atoms with Crippen molar-refractivity contribution in [1.29, 1.82) is 0 Å². The highest BCUT2D eigenvalue weighted by Gasteiger charge is 2.65. The summed E-state index contributed by atoms with van der Waals surface area (Å²) in [5.74, 6) is 2.42. The number of ether oxygens (including phenoxy) is 1. The number of fused-ring (bicyclic) bond motifs is 5. The van der Waals surface area contributed by atoms with E-state index in [9.17, 15) is 10.2 Å². The van der Waals surface area contributed by atoms with E-state index in [1.54, 1.807) is 5.57 Å². The van der Waals surface area contributed by atoms with Crippen molar-refractivity contribution >= 4 is 0 Å². The summed E-state index contributed by atoms with van der Waals surface area (Å²) >= 11 is 0. The third-order valence-corrected chi connectivity index (χ3v) is 12.6. The van der Waals surface area contributed by atoms with Crippen LogP contribution in [-0.2, 0) is 4.74 Å². The molecule has 3 saturated carbocycles. The van der Waals surface area contributed by atoms with Gasteiger partial charge in [-0.25, -0.2) is 0 Å². The van der Waals surface area contributed by atoms with Crippen LogP contribution < -0.4 is 0 Å². The van der Waals surface area contributed by atoms with Crippen LogP contribution in [-0.4, -0.2) is 34.1 Å². The Bertz CT molecular complexity index is 828. The molecular weight excluding hydrogens is 408 g/mol. The van der Waals surface area contributed by atoms with E-state index in [1.165, 1.54) is 32.1 Å². The van der Waals surface area contributed by atoms with Gasteiger partial charge < -0.3 is 14.9 Å². The average Bonchev–Trinajstić information content (AvgIpc) is 3.26. The van der Waals surface area contributed by atoms with E-state index >= 15 is 0 Å². The molecule has 33 heavy (non-hydrogen) atoms. The monoisotopic (exact) mass is 458 g/mol. The predicted molar refractivity (Wildman–Crippen MR) is 134 cm³/mol. The highest BCUT2D eigenvalue weighted by atomic mass is 16.6. The van der Waals surface area contributed by atoms with E-state index in [2.05, 4.69) is 61.5 Å². The fourth-order valence-corrected chi connectivity index (χ4v) is 10.2. The van der Waals surface area contributed by atoms with E-state index in [4.69, 9.17) is 4.74 Å². The molecule has 0 aromatic heterocycles. The van der Waals surface area contributed by atoms with Gasteiger partial charge in [0.05, 0.1) is 17.8 Å². The molecule has 0 amide bonds. The van der Waals surface area contributed by atoms with Gasteiger partial charge in [0, 0.05) is 0 Å². The minimum Gasteiger partial charge on any atom is -0.393 e. The third-order valence-electron chi connectivity index (χ3n) is 12.6. The standard InChI is InChI=1S/C30H50O3/c1-18(17-22(31)25-27(4,5)33-25)19-11-15-30(8)21-9-10-23-26(2,3)24(32)13-14-28(23,6)20(21)12-16-29(19,30)7/h9,18-20,22-25,31-32H,10-17H2,1-8H3/t18-,19+,20+,22-,23+,24-,25+,28-,29+,30-/m1/s1. The van der Waals surface area contributed by atoms with Crippen LogP contribution in [0.15, 0.2) is 11.6 Å². The molecule has 188 valence electrons. The SMILES string of the molecule is C[C@H](C[C@@H](O)[C@@H]1OC1(C)C)[C@@H]1CC[C@]2(C)C3=CC[C@H]4C(C)(C)[C@H](O)CC[C@]4(C)[C@H]3CC[C@@]12C. The second kappa shape index (κ2) is 7.32. The van der Waals surface area contributed by atoms with Gasteiger partial charge >= 0.3 is 0 Å². The minimum atomic E-state index is -0.341. The van der Waals surface area contributed by atoms with Gasteiger partial charge in [-0.2, -0.15) is 0 Å². The summed E-state index contributed by atoms with van der Waals surface area (Å²) in [6.45, 7) is 19.0. The number of aliphatic hydroxyl groups is 2. The Morgan fingerprint density at radius 3 is 2.30 bits per heavy atom. The Kier molecular flexibility index (Phi) is 5.40. The van der Waals surface area contributed by atoms with E-state index < -0.39 is 0 Å². The Hall–Kier alpha value is -0.380. The molecule has 0 aromatic rings. The summed E-state index contributed by atoms with van der Waals surface area (Å²) in [4.78, 5) is 0. The molecule has 2 N–H and O–H groups in total. The van der Waals surface area contributed by atoms with Gasteiger partial charge in [0.25, 0.3) is 0 Å². The maximum absolute atomic E-state index is 10.9. The fraction of sp³-hybridized carbons (Fsp3) is 0.933. The molecule has 0 spiro atoms. The molecule has 0 aromatic carbocycles. The molecule has 0 bridgehead atoms. The Balaban J connectivity index is 1.40. The first-order valence-corrected chi connectivity index (χ1v) is 13.9. The Morgan fingerprint density at radius 2 is 1.67 bits per heavy atom. The van der Waals surface area contributed by atoms with Crippen molar-refractivity contribution in [1.82, 2.24) is 0 Å². The van der Waals surface area contributed by atoms with Gasteiger partial charge in [0.15, 0.2) is 0 Å². The van der Waals surface area contributed by atoms with Crippen molar-refractivity contribution in [3.8, 4) is 0 Å². The van der Waals surface area contributed by atoms with Crippen molar-refractivity contribution in [3.63, 3.8) is 0 Å². The van der Waals surface area contributed by atoms with E-state index in [1.807, 2.05) is 0 Å². The first-order chi connectivity index (χ1) is 15.2. The molecule has 5 rings (SSSR count). The minimum absolute atomic E-state index is 0.00178. The van der Waals surface area contributed by atoms with Gasteiger partial charge in [-0.1, -0.05) is 53.2 Å². The van der Waals surface area contributed by atoms with Crippen LogP contribution in [0.2, 0.25) is 0 Å². The number of hydrogen-bond donors (Lipinski definition) is 2. The molecule has 0 radical (unpaired) electrons. The van der Waals surface area contributed by atoms with Gasteiger partial charge in [0.2, 0.25) is 0 Å². The fourth-order valence-electron chi connectivity index (χ4n) is 10.2. The van der Waals surface area contributed by atoms with Crippen molar-refractivity contribution in [3.05, 3.63) is 11.6 Å². The van der Waals surface area contributed by atoms with E-state index in [-0.39, 0.29) is 34.7 Å². The van der Waals surface area contributed by atoms with Gasteiger partial charge in [-0.05, 0) is 111 Å². The normalized spacial score (nSPS) is 51.6. The van der Waals surface area contributed by atoms with Crippen LogP contribution >= 0.6 is 0 Å². The maximum Gasteiger partial charge on any atom is 0.113 e. The van der Waals surface area contributed by atoms with Crippen molar-refractivity contribution < 1.29 is 14.9 Å². The zero-order chi connectivity index (χ0) is 24.2. The first kappa shape index (κ1) is 24.3. The van der Waals surface area contributed by atoms with Gasteiger partial charge in [-0.15, -0.1) is 0 Å². The summed E-state index contributed by atoms with van der Waals surface area (Å²) < 4.78 is 5.76. The summed E-state index contributed by atoms with van der Waals surface area (Å²) in [7, 11) is 0. The molecule has 4 fully saturated rings. The number of allylic oxidation sites excluding steroid dienone is 2. The van der Waals surface area contributed by atoms with Crippen LogP contribution in [0.1, 0.15) is 107 Å². The summed E-state index contributed by atoms with van der Waals surface area (Å²) in [6, 6.07) is 0. The Morgan fingerprint density at radius 1 is 1.00 bits per heavy atom. The average molecular weight is 459 g/mol. The number of aliphatic hydroxyl groups excluding tert-OH is 2. The molecule has 10 atom stereocenters. The number of epoxide rings is 1. The molecule has 0 unspecified atom stereocenters. The van der Waals surface area contributed by atoms with E-state index in [0.717, 1.165) is 19.3 Å². The van der Waals surface area contributed by atoms with Crippen LogP contribution in [0.5, 0.6) is 0 Å². The summed E-state index contributed by atoms with van der Waals surface area (Å²) in [5.41, 5.74) is 2.50. The van der Waals surface area contributed by atoms with Crippen LogP contribution in [0.4, 0.5) is 0 Å². The molecular formula is C30H50O3. The van der Waals surface area contributed by atoms with Gasteiger partial charge in [0.1, 0.15) is 6.10 Å². The highest BCUT2D eigenvalue weighted by Crippen LogP contribution is 2.73. The zero-order valence-electron chi connectivity index (χ0n) is 22.6. The first-order valence-electron chi connectivity index (χ1n) is 13.9. The Labute approximate surface area is 202 Å². The summed E-state index contributed by atoms with van der Waals surface area (Å²) in [6.07, 6.45) is 11.4. The molecule has 3 heteroatoms. The molecule has 1 heterocycles. The maximum atomic E-state index is 10.9. The molecule has 1 saturated heterocycles. The lowest BCUT2D eigenvalue weighted by Crippen LogP contribution is -2.58. The largest absolute Gasteiger partial charge is 0.393 e. The molecule has 5 aliphatic rings. The quantitative estimate of drug-likeness (QED) is 0.372. The predicted octanol–water partition coefficient (Wildman–Crippen LogP) is 6.52. The topological polar surface area (TPSA) is 53.0 Å². The van der Waals surface area contributed by atoms with Crippen molar-refractivity contribution in [2.45, 2.75) is 131 Å². The number of rotatable bonds is 4. The number of hydrogen-bond acceptors (Lipinski definition) is 3. The lowest BCUT2D eigenvalue weighted by atomic mass is 9.41. The second-order valence-electron chi connectivity index (χ2n) is 14.7. The lowest BCUT2D eigenvalue weighted by Gasteiger charge is -2.64. The molecule has 3 nitrogen and oxygen atoms in total.